The Kier molecular flexibility index (Phi) is 16.1. The number of aromatic nitrogens is 4. The summed E-state index contributed by atoms with van der Waals surface area (Å²) in [7, 11) is -1.57. The highest BCUT2D eigenvalue weighted by Gasteiger charge is 2.49. The molecule has 0 unspecified atom stereocenters. The molecule has 0 atom stereocenters. The van der Waals surface area contributed by atoms with Gasteiger partial charge in [0.25, 0.3) is 20.0 Å². The maximum absolute atomic E-state index is 13.8. The van der Waals surface area contributed by atoms with Gasteiger partial charge in [-0.15, -0.1) is 0 Å². The van der Waals surface area contributed by atoms with E-state index in [1.165, 1.54) is 25.4 Å². The molecule has 19 heteroatoms. The highest BCUT2D eigenvalue weighted by atomic mass is 32.2. The number of benzene rings is 4. The van der Waals surface area contributed by atoms with Gasteiger partial charge in [-0.3, -0.25) is 9.36 Å². The van der Waals surface area contributed by atoms with Gasteiger partial charge in [0, 0.05) is 38.6 Å². The van der Waals surface area contributed by atoms with Crippen LogP contribution in [0.5, 0.6) is 23.0 Å². The molecule has 1 N–H and O–H groups in total. The van der Waals surface area contributed by atoms with E-state index in [0.29, 0.717) is 35.8 Å². The van der Waals surface area contributed by atoms with Crippen molar-refractivity contribution >= 4 is 26.0 Å². The van der Waals surface area contributed by atoms with Crippen molar-refractivity contribution < 1.29 is 50.4 Å². The maximum Gasteiger partial charge on any atom is 0.334 e. The average Bonchev–Trinajstić information content (AvgIpc) is 4.05. The summed E-state index contributed by atoms with van der Waals surface area (Å²) in [6.07, 6.45) is 7.75. The standard InChI is InChI=1S/C26H31N3O6S.C24H29N3O5S/c1-4-35-25(30)26(15-5-16-26)29-17-14-24(27-29)36(31,32)28(18-20-6-10-22(33-2)11-7-20)19-21-8-12-23(34-3)13-9-21;1-31-21-8-4-19(5-9-21)16-26(17-20-6-10-22(32-2)11-7-20)33(29,30)23-12-15-27(25-23)24(18-28)13-3-14-24/h6-14,17H,4-5,15-16,18-19H2,1-3H3;4-12,15,28H,3,13-14,16-18H2,1-2H3. The van der Waals surface area contributed by atoms with Crippen LogP contribution in [-0.2, 0) is 66.8 Å². The summed E-state index contributed by atoms with van der Waals surface area (Å²) in [5.74, 6) is 2.41. The average molecular weight is 985 g/mol. The molecular weight excluding hydrogens is 925 g/mol. The summed E-state index contributed by atoms with van der Waals surface area (Å²) >= 11 is 0. The first kappa shape index (κ1) is 50.6. The second-order valence-corrected chi connectivity index (χ2v) is 20.7. The van der Waals surface area contributed by atoms with Crippen LogP contribution in [0.1, 0.15) is 67.7 Å². The molecule has 4 aromatic carbocycles. The zero-order chi connectivity index (χ0) is 49.2. The Morgan fingerprint density at radius 1 is 0.551 bits per heavy atom. The third-order valence-electron chi connectivity index (χ3n) is 12.7. The van der Waals surface area contributed by atoms with Crippen LogP contribution in [0.15, 0.2) is 132 Å². The third-order valence-corrected chi connectivity index (χ3v) is 16.1. The van der Waals surface area contributed by atoms with E-state index in [1.807, 2.05) is 72.8 Å². The van der Waals surface area contributed by atoms with Crippen LogP contribution in [0.25, 0.3) is 0 Å². The number of sulfonamides is 2. The van der Waals surface area contributed by atoms with E-state index < -0.39 is 31.1 Å². The maximum atomic E-state index is 13.8. The topological polar surface area (TPSA) is 194 Å². The largest absolute Gasteiger partial charge is 0.497 e. The molecule has 8 rings (SSSR count). The van der Waals surface area contributed by atoms with Gasteiger partial charge < -0.3 is 28.8 Å². The molecule has 368 valence electrons. The summed E-state index contributed by atoms with van der Waals surface area (Å²) in [5, 5.41) is 18.5. The molecular formula is C50H60N6O11S2. The number of esters is 1. The minimum Gasteiger partial charge on any atom is -0.497 e. The lowest BCUT2D eigenvalue weighted by Gasteiger charge is -2.40. The summed E-state index contributed by atoms with van der Waals surface area (Å²) in [6, 6.07) is 32.1. The van der Waals surface area contributed by atoms with Gasteiger partial charge in [0.2, 0.25) is 0 Å². The minimum atomic E-state index is -4.00. The predicted octanol–water partition coefficient (Wildman–Crippen LogP) is 6.90. The van der Waals surface area contributed by atoms with Gasteiger partial charge in [-0.25, -0.2) is 21.6 Å². The van der Waals surface area contributed by atoms with Gasteiger partial charge in [0.15, 0.2) is 15.6 Å². The van der Waals surface area contributed by atoms with Crippen molar-refractivity contribution in [3.8, 4) is 23.0 Å². The number of hydrogen-bond acceptors (Lipinski definition) is 13. The zero-order valence-corrected chi connectivity index (χ0v) is 41.2. The summed E-state index contributed by atoms with van der Waals surface area (Å²) in [4.78, 5) is 12.7. The minimum absolute atomic E-state index is 0.0238. The number of ether oxygens (including phenoxy) is 5. The Labute approximate surface area is 404 Å². The summed E-state index contributed by atoms with van der Waals surface area (Å²) < 4.78 is 86.9. The molecule has 2 saturated carbocycles. The van der Waals surface area contributed by atoms with Crippen LogP contribution < -0.4 is 18.9 Å². The first-order valence-corrected chi connectivity index (χ1v) is 25.5. The lowest BCUT2D eigenvalue weighted by Crippen LogP contribution is -2.49. The van der Waals surface area contributed by atoms with Gasteiger partial charge in [-0.2, -0.15) is 18.8 Å². The van der Waals surface area contributed by atoms with Crippen LogP contribution >= 0.6 is 0 Å². The molecule has 6 aromatic rings. The van der Waals surface area contributed by atoms with Crippen molar-refractivity contribution in [1.29, 1.82) is 0 Å². The first-order valence-electron chi connectivity index (χ1n) is 22.6. The molecule has 2 heterocycles. The molecule has 17 nitrogen and oxygen atoms in total. The van der Waals surface area contributed by atoms with Crippen LogP contribution in [-0.4, -0.2) is 97.7 Å². The number of methoxy groups -OCH3 is 4. The van der Waals surface area contributed by atoms with Crippen LogP contribution in [0, 0.1) is 0 Å². The van der Waals surface area contributed by atoms with Crippen molar-refractivity contribution in [2.45, 2.75) is 92.8 Å². The Morgan fingerprint density at radius 3 is 1.16 bits per heavy atom. The van der Waals surface area contributed by atoms with E-state index in [0.717, 1.165) is 47.9 Å². The molecule has 2 fully saturated rings. The molecule has 69 heavy (non-hydrogen) atoms. The van der Waals surface area contributed by atoms with E-state index in [2.05, 4.69) is 10.2 Å². The quantitative estimate of drug-likeness (QED) is 0.0733. The summed E-state index contributed by atoms with van der Waals surface area (Å²) in [5.41, 5.74) is 1.82. The number of carbonyl (C=O) groups is 1. The number of nitrogens with zero attached hydrogens (tertiary/aromatic N) is 6. The lowest BCUT2D eigenvalue weighted by molar-refractivity contribution is -0.160. The van der Waals surface area contributed by atoms with Crippen LogP contribution in [0.3, 0.4) is 0 Å². The van der Waals surface area contributed by atoms with Crippen molar-refractivity contribution in [3.05, 3.63) is 144 Å². The molecule has 2 aromatic heterocycles. The fourth-order valence-electron chi connectivity index (χ4n) is 8.20. The number of aliphatic hydroxyl groups is 1. The molecule has 2 aliphatic rings. The Hall–Kier alpha value is -6.25. The van der Waals surface area contributed by atoms with Crippen molar-refractivity contribution in [2.75, 3.05) is 41.7 Å². The smallest absolute Gasteiger partial charge is 0.334 e. The van der Waals surface area contributed by atoms with Gasteiger partial charge in [-0.1, -0.05) is 48.5 Å². The van der Waals surface area contributed by atoms with Crippen molar-refractivity contribution in [1.82, 2.24) is 28.2 Å². The van der Waals surface area contributed by atoms with Gasteiger partial charge in [0.1, 0.15) is 23.0 Å². The van der Waals surface area contributed by atoms with Gasteiger partial charge in [-0.05, 0) is 128 Å². The number of aliphatic hydroxyl groups excluding tert-OH is 1. The number of rotatable bonds is 21. The number of hydrogen-bond donors (Lipinski definition) is 1. The molecule has 0 aliphatic heterocycles. The van der Waals surface area contributed by atoms with Crippen molar-refractivity contribution in [3.63, 3.8) is 0 Å². The van der Waals surface area contributed by atoms with E-state index >= 15 is 0 Å². The van der Waals surface area contributed by atoms with Crippen molar-refractivity contribution in [2.24, 2.45) is 0 Å². The monoisotopic (exact) mass is 984 g/mol. The molecule has 0 bridgehead atoms. The Morgan fingerprint density at radius 2 is 0.884 bits per heavy atom. The van der Waals surface area contributed by atoms with E-state index in [1.54, 1.807) is 76.7 Å². The van der Waals surface area contributed by atoms with Crippen LogP contribution in [0.2, 0.25) is 0 Å². The molecule has 0 spiro atoms. The second-order valence-electron chi connectivity index (χ2n) is 17.0. The van der Waals surface area contributed by atoms with E-state index in [-0.39, 0.29) is 55.4 Å². The molecule has 0 radical (unpaired) electrons. The fraction of sp³-hybridized carbons (Fsp3) is 0.380. The lowest BCUT2D eigenvalue weighted by atomic mass is 9.77. The third kappa shape index (κ3) is 11.3. The Bertz CT molecular complexity index is 2740. The normalized spacial score (nSPS) is 15.0. The first-order chi connectivity index (χ1) is 33.2. The second kappa shape index (κ2) is 22.0. The predicted molar refractivity (Wildman–Crippen MR) is 257 cm³/mol. The molecule has 2 aliphatic carbocycles. The SMILES string of the molecule is CCOC(=O)C1(n2ccc(S(=O)(=O)N(Cc3ccc(OC)cc3)Cc3ccc(OC)cc3)n2)CCC1.COc1ccc(CN(Cc2ccc(OC)cc2)S(=O)(=O)c2ccn(C3(CO)CCC3)n2)cc1. The summed E-state index contributed by atoms with van der Waals surface area (Å²) in [6.45, 7) is 2.56. The van der Waals surface area contributed by atoms with Gasteiger partial charge >= 0.3 is 5.97 Å². The zero-order valence-electron chi connectivity index (χ0n) is 39.6. The molecule has 0 saturated heterocycles. The van der Waals surface area contributed by atoms with E-state index in [9.17, 15) is 26.7 Å². The highest BCUT2D eigenvalue weighted by Crippen LogP contribution is 2.41. The van der Waals surface area contributed by atoms with Gasteiger partial charge in [0.05, 0.1) is 47.2 Å². The fourth-order valence-corrected chi connectivity index (χ4v) is 10.8. The van der Waals surface area contributed by atoms with Crippen LogP contribution in [0.4, 0.5) is 0 Å². The molecule has 0 amide bonds. The van der Waals surface area contributed by atoms with E-state index in [4.69, 9.17) is 23.7 Å². The Balaban J connectivity index is 0.000000205. The number of carbonyl (C=O) groups excluding carboxylic acids is 1. The highest BCUT2D eigenvalue weighted by molar-refractivity contribution is 7.89.